The number of nitrogens with zero attached hydrogens (tertiary/aromatic N) is 1. The van der Waals surface area contributed by atoms with Gasteiger partial charge in [-0.1, -0.05) is 29.8 Å². The number of carbonyl (C=O) groups is 1. The van der Waals surface area contributed by atoms with Crippen LogP contribution in [0, 0.1) is 18.3 Å². The zero-order valence-electron chi connectivity index (χ0n) is 9.36. The predicted octanol–water partition coefficient (Wildman–Crippen LogP) is 2.47. The summed E-state index contributed by atoms with van der Waals surface area (Å²) in [7, 11) is 0. The summed E-state index contributed by atoms with van der Waals surface area (Å²) in [6, 6.07) is 9.39. The lowest BCUT2D eigenvalue weighted by Crippen LogP contribution is -2.00. The van der Waals surface area contributed by atoms with Gasteiger partial charge in [-0.15, -0.1) is 0 Å². The average molecular weight is 215 g/mol. The van der Waals surface area contributed by atoms with Crippen LogP contribution in [0.4, 0.5) is 0 Å². The molecule has 1 aromatic rings. The van der Waals surface area contributed by atoms with Crippen LogP contribution in [0.1, 0.15) is 18.1 Å². The monoisotopic (exact) mass is 215 g/mol. The van der Waals surface area contributed by atoms with Crippen LogP contribution in [0.5, 0.6) is 0 Å². The lowest BCUT2D eigenvalue weighted by molar-refractivity contribution is -0.137. The van der Waals surface area contributed by atoms with E-state index in [2.05, 4.69) is 0 Å². The molecule has 0 unspecified atom stereocenters. The highest BCUT2D eigenvalue weighted by Crippen LogP contribution is 2.14. The van der Waals surface area contributed by atoms with Crippen LogP contribution in [-0.4, -0.2) is 12.6 Å². The maximum atomic E-state index is 11.2. The molecule has 3 heteroatoms. The van der Waals surface area contributed by atoms with Crippen molar-refractivity contribution in [3.8, 4) is 6.07 Å². The summed E-state index contributed by atoms with van der Waals surface area (Å²) < 4.78 is 4.75. The van der Waals surface area contributed by atoms with Gasteiger partial charge in [-0.25, -0.2) is 4.79 Å². The fourth-order valence-electron chi connectivity index (χ4n) is 1.22. The van der Waals surface area contributed by atoms with Crippen LogP contribution in [0.25, 0.3) is 5.57 Å². The molecule has 0 saturated carbocycles. The van der Waals surface area contributed by atoms with E-state index in [1.54, 1.807) is 6.92 Å². The van der Waals surface area contributed by atoms with Crippen LogP contribution in [-0.2, 0) is 9.53 Å². The Morgan fingerprint density at radius 1 is 1.44 bits per heavy atom. The van der Waals surface area contributed by atoms with Gasteiger partial charge in [0.15, 0.2) is 0 Å². The van der Waals surface area contributed by atoms with Crippen molar-refractivity contribution in [1.82, 2.24) is 0 Å². The van der Waals surface area contributed by atoms with Gasteiger partial charge in [-0.3, -0.25) is 0 Å². The molecule has 1 aromatic carbocycles. The van der Waals surface area contributed by atoms with Gasteiger partial charge in [0.1, 0.15) is 6.07 Å². The van der Waals surface area contributed by atoms with Crippen molar-refractivity contribution in [2.75, 3.05) is 6.61 Å². The molecule has 0 aromatic heterocycles. The summed E-state index contributed by atoms with van der Waals surface area (Å²) in [5, 5.41) is 8.94. The van der Waals surface area contributed by atoms with E-state index in [0.29, 0.717) is 12.2 Å². The van der Waals surface area contributed by atoms with Gasteiger partial charge in [-0.2, -0.15) is 5.26 Å². The third-order valence-corrected chi connectivity index (χ3v) is 2.03. The molecule has 3 nitrogen and oxygen atoms in total. The zero-order valence-corrected chi connectivity index (χ0v) is 9.36. The van der Waals surface area contributed by atoms with Crippen LogP contribution in [0.3, 0.4) is 0 Å². The van der Waals surface area contributed by atoms with Crippen LogP contribution in [0.15, 0.2) is 30.3 Å². The normalized spacial score (nSPS) is 10.7. The largest absolute Gasteiger partial charge is 0.463 e. The van der Waals surface area contributed by atoms with Crippen molar-refractivity contribution < 1.29 is 9.53 Å². The summed E-state index contributed by atoms with van der Waals surface area (Å²) in [5.74, 6) is -0.486. The molecule has 0 aliphatic heterocycles. The van der Waals surface area contributed by atoms with E-state index in [4.69, 9.17) is 10.00 Å². The highest BCUT2D eigenvalue weighted by atomic mass is 16.5. The number of hydrogen-bond donors (Lipinski definition) is 0. The molecule has 82 valence electrons. The van der Waals surface area contributed by atoms with Crippen LogP contribution >= 0.6 is 0 Å². The lowest BCUT2D eigenvalue weighted by Gasteiger charge is -2.00. The first-order valence-electron chi connectivity index (χ1n) is 5.03. The van der Waals surface area contributed by atoms with Gasteiger partial charge in [0.05, 0.1) is 12.2 Å². The molecule has 0 aliphatic rings. The number of hydrogen-bond acceptors (Lipinski definition) is 3. The summed E-state index contributed by atoms with van der Waals surface area (Å²) in [6.45, 7) is 4.00. The molecule has 0 saturated heterocycles. The standard InChI is InChI=1S/C13H13NO2/c1-3-16-13(15)8-12(9-14)11-6-4-10(2)5-7-11/h4-8H,3H2,1-2H3/b12-8+. The van der Waals surface area contributed by atoms with Crippen LogP contribution < -0.4 is 0 Å². The number of carbonyl (C=O) groups excluding carboxylic acids is 1. The van der Waals surface area contributed by atoms with E-state index < -0.39 is 5.97 Å². The third kappa shape index (κ3) is 3.25. The Labute approximate surface area is 95.0 Å². The second-order valence-electron chi connectivity index (χ2n) is 3.29. The first-order chi connectivity index (χ1) is 7.67. The van der Waals surface area contributed by atoms with E-state index >= 15 is 0 Å². The maximum Gasteiger partial charge on any atom is 0.332 e. The van der Waals surface area contributed by atoms with Gasteiger partial charge >= 0.3 is 5.97 Å². The Bertz CT molecular complexity index is 438. The average Bonchev–Trinajstić information content (AvgIpc) is 2.27. The molecular formula is C13H13NO2. The summed E-state index contributed by atoms with van der Waals surface area (Å²) in [6.07, 6.45) is 1.22. The Kier molecular flexibility index (Phi) is 4.28. The summed E-state index contributed by atoms with van der Waals surface area (Å²) in [5.41, 5.74) is 2.15. The molecule has 0 N–H and O–H groups in total. The van der Waals surface area contributed by atoms with E-state index in [-0.39, 0.29) is 0 Å². The molecular weight excluding hydrogens is 202 g/mol. The Hall–Kier alpha value is -2.08. The second kappa shape index (κ2) is 5.72. The highest BCUT2D eigenvalue weighted by Gasteiger charge is 2.04. The maximum absolute atomic E-state index is 11.2. The molecule has 0 amide bonds. The third-order valence-electron chi connectivity index (χ3n) is 2.03. The molecule has 0 bridgehead atoms. The van der Waals surface area contributed by atoms with E-state index in [0.717, 1.165) is 11.1 Å². The molecule has 0 spiro atoms. The first kappa shape index (κ1) is 12.0. The minimum absolute atomic E-state index is 0.307. The predicted molar refractivity (Wildman–Crippen MR) is 61.4 cm³/mol. The molecule has 0 aliphatic carbocycles. The highest BCUT2D eigenvalue weighted by molar-refractivity contribution is 5.95. The number of nitriles is 1. The van der Waals surface area contributed by atoms with Gasteiger partial charge < -0.3 is 4.74 Å². The number of benzene rings is 1. The molecule has 0 atom stereocenters. The summed E-state index contributed by atoms with van der Waals surface area (Å²) >= 11 is 0. The molecule has 16 heavy (non-hydrogen) atoms. The molecule has 0 heterocycles. The topological polar surface area (TPSA) is 50.1 Å². The van der Waals surface area contributed by atoms with Crippen LogP contribution in [0.2, 0.25) is 0 Å². The quantitative estimate of drug-likeness (QED) is 0.442. The van der Waals surface area contributed by atoms with Crippen molar-refractivity contribution in [3.05, 3.63) is 41.5 Å². The van der Waals surface area contributed by atoms with Crippen molar-refractivity contribution in [2.24, 2.45) is 0 Å². The van der Waals surface area contributed by atoms with Gasteiger partial charge in [0.2, 0.25) is 0 Å². The molecule has 0 radical (unpaired) electrons. The van der Waals surface area contributed by atoms with E-state index in [1.807, 2.05) is 37.3 Å². The zero-order chi connectivity index (χ0) is 12.0. The minimum Gasteiger partial charge on any atom is -0.463 e. The first-order valence-corrected chi connectivity index (χ1v) is 5.03. The number of allylic oxidation sites excluding steroid dienone is 1. The smallest absolute Gasteiger partial charge is 0.332 e. The second-order valence-corrected chi connectivity index (χ2v) is 3.29. The Morgan fingerprint density at radius 3 is 2.56 bits per heavy atom. The molecule has 0 fully saturated rings. The number of ether oxygens (including phenoxy) is 1. The minimum atomic E-state index is -0.486. The van der Waals surface area contributed by atoms with E-state index in [1.165, 1.54) is 6.08 Å². The number of aryl methyl sites for hydroxylation is 1. The number of esters is 1. The number of rotatable bonds is 3. The fourth-order valence-corrected chi connectivity index (χ4v) is 1.22. The van der Waals surface area contributed by atoms with Crippen molar-refractivity contribution >= 4 is 11.5 Å². The van der Waals surface area contributed by atoms with Gasteiger partial charge in [0.25, 0.3) is 0 Å². The molecule has 1 rings (SSSR count). The van der Waals surface area contributed by atoms with Gasteiger partial charge in [0, 0.05) is 6.08 Å². The Balaban J connectivity index is 2.95. The van der Waals surface area contributed by atoms with Crippen molar-refractivity contribution in [1.29, 1.82) is 5.26 Å². The van der Waals surface area contributed by atoms with Gasteiger partial charge in [-0.05, 0) is 19.4 Å². The fraction of sp³-hybridized carbons (Fsp3) is 0.231. The Morgan fingerprint density at radius 2 is 2.06 bits per heavy atom. The van der Waals surface area contributed by atoms with Crippen molar-refractivity contribution in [2.45, 2.75) is 13.8 Å². The van der Waals surface area contributed by atoms with Crippen molar-refractivity contribution in [3.63, 3.8) is 0 Å². The summed E-state index contributed by atoms with van der Waals surface area (Å²) in [4.78, 5) is 11.2. The lowest BCUT2D eigenvalue weighted by atomic mass is 10.1. The van der Waals surface area contributed by atoms with E-state index in [9.17, 15) is 4.79 Å². The SMILES string of the molecule is CCOC(=O)/C=C(\C#N)c1ccc(C)cc1.